The Bertz CT molecular complexity index is 478. The Morgan fingerprint density at radius 3 is 3.05 bits per heavy atom. The molecule has 1 aromatic carbocycles. The molecule has 0 aromatic heterocycles. The van der Waals surface area contributed by atoms with E-state index in [4.69, 9.17) is 22.1 Å². The van der Waals surface area contributed by atoms with Crippen LogP contribution in [0.2, 0.25) is 5.02 Å². The Hall–Kier alpha value is -1.17. The molecule has 1 aliphatic heterocycles. The third-order valence-electron chi connectivity index (χ3n) is 3.46. The number of benzene rings is 1. The van der Waals surface area contributed by atoms with Gasteiger partial charge in [-0.1, -0.05) is 23.7 Å². The van der Waals surface area contributed by atoms with Crippen molar-refractivity contribution >= 4 is 17.5 Å². The van der Waals surface area contributed by atoms with Gasteiger partial charge in [-0.15, -0.1) is 0 Å². The summed E-state index contributed by atoms with van der Waals surface area (Å²) >= 11 is 5.82. The predicted octanol–water partition coefficient (Wildman–Crippen LogP) is 2.02. The number of nitrogens with one attached hydrogen (secondary N) is 1. The maximum absolute atomic E-state index is 14.2. The van der Waals surface area contributed by atoms with Crippen LogP contribution >= 0.6 is 11.6 Å². The molecular formula is C14H18ClFN2O2. The summed E-state index contributed by atoms with van der Waals surface area (Å²) in [6, 6.07) is 4.81. The lowest BCUT2D eigenvalue weighted by Crippen LogP contribution is -2.35. The molecule has 0 radical (unpaired) electrons. The summed E-state index contributed by atoms with van der Waals surface area (Å²) in [4.78, 5) is 10.9. The Morgan fingerprint density at radius 1 is 1.60 bits per heavy atom. The smallest absolute Gasteiger partial charge is 0.243 e. The van der Waals surface area contributed by atoms with Crippen molar-refractivity contribution in [2.75, 3.05) is 19.7 Å². The number of hydrogen-bond acceptors (Lipinski definition) is 3. The van der Waals surface area contributed by atoms with Gasteiger partial charge < -0.3 is 15.8 Å². The maximum atomic E-state index is 14.2. The second kappa shape index (κ2) is 7.02. The number of nitrogens with two attached hydrogens (primary N) is 1. The Balaban J connectivity index is 2.24. The summed E-state index contributed by atoms with van der Waals surface area (Å²) in [5.74, 6) is -0.966. The summed E-state index contributed by atoms with van der Waals surface area (Å²) < 4.78 is 19.7. The number of ether oxygens (including phenoxy) is 1. The van der Waals surface area contributed by atoms with Gasteiger partial charge in [0.1, 0.15) is 12.4 Å². The summed E-state index contributed by atoms with van der Waals surface area (Å²) in [6.45, 7) is 1.43. The minimum atomic E-state index is -0.568. The highest BCUT2D eigenvalue weighted by Crippen LogP contribution is 2.34. The van der Waals surface area contributed by atoms with Crippen LogP contribution < -0.4 is 11.1 Å². The number of amides is 1. The van der Waals surface area contributed by atoms with Gasteiger partial charge in [-0.05, 0) is 25.5 Å². The van der Waals surface area contributed by atoms with E-state index in [1.165, 1.54) is 6.07 Å². The van der Waals surface area contributed by atoms with Crippen LogP contribution in [0.5, 0.6) is 0 Å². The van der Waals surface area contributed by atoms with Gasteiger partial charge in [-0.2, -0.15) is 0 Å². The average Bonchev–Trinajstić information content (AvgIpc) is 2.44. The second-order valence-corrected chi connectivity index (χ2v) is 5.35. The van der Waals surface area contributed by atoms with Gasteiger partial charge in [0.05, 0.1) is 11.1 Å². The molecule has 20 heavy (non-hydrogen) atoms. The van der Waals surface area contributed by atoms with E-state index in [0.717, 1.165) is 25.9 Å². The monoisotopic (exact) mass is 300 g/mol. The van der Waals surface area contributed by atoms with Crippen LogP contribution in [0.15, 0.2) is 18.2 Å². The average molecular weight is 301 g/mol. The summed E-state index contributed by atoms with van der Waals surface area (Å²) in [6.07, 6.45) is 1.38. The van der Waals surface area contributed by atoms with E-state index < -0.39 is 17.8 Å². The van der Waals surface area contributed by atoms with Gasteiger partial charge in [0, 0.05) is 18.0 Å². The molecule has 3 N–H and O–H groups in total. The van der Waals surface area contributed by atoms with Crippen molar-refractivity contribution in [3.8, 4) is 0 Å². The molecule has 1 saturated heterocycles. The van der Waals surface area contributed by atoms with E-state index >= 15 is 0 Å². The molecule has 6 heteroatoms. The molecule has 2 rings (SSSR count). The van der Waals surface area contributed by atoms with E-state index in [9.17, 15) is 9.18 Å². The number of rotatable bonds is 5. The lowest BCUT2D eigenvalue weighted by Gasteiger charge is -2.31. The minimum Gasteiger partial charge on any atom is -0.368 e. The van der Waals surface area contributed by atoms with Crippen molar-refractivity contribution in [3.05, 3.63) is 34.6 Å². The molecule has 1 fully saturated rings. The molecule has 1 aliphatic rings. The van der Waals surface area contributed by atoms with Crippen molar-refractivity contribution in [3.63, 3.8) is 0 Å². The van der Waals surface area contributed by atoms with Crippen LogP contribution in [0, 0.1) is 11.7 Å². The van der Waals surface area contributed by atoms with Crippen LogP contribution in [0.25, 0.3) is 0 Å². The lowest BCUT2D eigenvalue weighted by atomic mass is 9.89. The molecule has 110 valence electrons. The summed E-state index contributed by atoms with van der Waals surface area (Å²) in [5.41, 5.74) is 5.50. The Kier molecular flexibility index (Phi) is 5.34. The van der Waals surface area contributed by atoms with Crippen LogP contribution in [0.4, 0.5) is 4.39 Å². The number of hydrogen-bond donors (Lipinski definition) is 2. The van der Waals surface area contributed by atoms with Gasteiger partial charge in [0.25, 0.3) is 0 Å². The van der Waals surface area contributed by atoms with Crippen LogP contribution in [-0.2, 0) is 9.53 Å². The maximum Gasteiger partial charge on any atom is 0.243 e. The van der Waals surface area contributed by atoms with Crippen LogP contribution in [-0.4, -0.2) is 25.6 Å². The van der Waals surface area contributed by atoms with Gasteiger partial charge in [0.2, 0.25) is 5.91 Å². The highest BCUT2D eigenvalue weighted by molar-refractivity contribution is 6.30. The van der Waals surface area contributed by atoms with E-state index in [1.807, 2.05) is 0 Å². The van der Waals surface area contributed by atoms with E-state index in [0.29, 0.717) is 5.56 Å². The van der Waals surface area contributed by atoms with E-state index in [2.05, 4.69) is 5.32 Å². The minimum absolute atomic E-state index is 0.0546. The molecule has 1 amide bonds. The third kappa shape index (κ3) is 3.69. The first-order valence-corrected chi connectivity index (χ1v) is 7.02. The zero-order valence-electron chi connectivity index (χ0n) is 11.1. The molecule has 0 spiro atoms. The molecule has 1 heterocycles. The summed E-state index contributed by atoms with van der Waals surface area (Å²) in [7, 11) is 0. The SMILES string of the molecule is NC(=O)COC(c1cccc(Cl)c1F)[C@@H]1CCCNC1. The topological polar surface area (TPSA) is 64.4 Å². The highest BCUT2D eigenvalue weighted by Gasteiger charge is 2.29. The zero-order chi connectivity index (χ0) is 14.5. The molecule has 1 unspecified atom stereocenters. The highest BCUT2D eigenvalue weighted by atomic mass is 35.5. The fraction of sp³-hybridized carbons (Fsp3) is 0.500. The fourth-order valence-corrected chi connectivity index (χ4v) is 2.71. The zero-order valence-corrected chi connectivity index (χ0v) is 11.8. The normalized spacial score (nSPS) is 20.6. The molecule has 4 nitrogen and oxygen atoms in total. The largest absolute Gasteiger partial charge is 0.368 e. The molecule has 2 atom stereocenters. The Morgan fingerprint density at radius 2 is 2.40 bits per heavy atom. The van der Waals surface area contributed by atoms with Gasteiger partial charge in [0.15, 0.2) is 0 Å². The first-order valence-electron chi connectivity index (χ1n) is 6.64. The molecule has 1 aromatic rings. The number of carbonyl (C=O) groups excluding carboxylic acids is 1. The number of piperidine rings is 1. The lowest BCUT2D eigenvalue weighted by molar-refractivity contribution is -0.126. The molecule has 0 aliphatic carbocycles. The van der Waals surface area contributed by atoms with Gasteiger partial charge in [-0.25, -0.2) is 4.39 Å². The number of primary amides is 1. The Labute approximate surface area is 122 Å². The summed E-state index contributed by atoms with van der Waals surface area (Å²) in [5, 5.41) is 3.31. The molecule has 0 bridgehead atoms. The predicted molar refractivity (Wildman–Crippen MR) is 74.9 cm³/mol. The van der Waals surface area contributed by atoms with Crippen molar-refractivity contribution in [2.45, 2.75) is 18.9 Å². The molecule has 0 saturated carbocycles. The first kappa shape index (κ1) is 15.2. The first-order chi connectivity index (χ1) is 9.59. The standard InChI is InChI=1S/C14H18ClFN2O2/c15-11-5-1-4-10(13(11)16)14(20-8-12(17)19)9-3-2-6-18-7-9/h1,4-5,9,14,18H,2-3,6-8H2,(H2,17,19)/t9-,14?/m1/s1. The van der Waals surface area contributed by atoms with E-state index in [-0.39, 0.29) is 17.5 Å². The van der Waals surface area contributed by atoms with E-state index in [1.54, 1.807) is 12.1 Å². The van der Waals surface area contributed by atoms with Crippen molar-refractivity contribution in [2.24, 2.45) is 11.7 Å². The van der Waals surface area contributed by atoms with Gasteiger partial charge in [-0.3, -0.25) is 4.79 Å². The van der Waals surface area contributed by atoms with Gasteiger partial charge >= 0.3 is 0 Å². The van der Waals surface area contributed by atoms with Crippen LogP contribution in [0.1, 0.15) is 24.5 Å². The van der Waals surface area contributed by atoms with Crippen molar-refractivity contribution in [1.29, 1.82) is 0 Å². The van der Waals surface area contributed by atoms with Crippen molar-refractivity contribution < 1.29 is 13.9 Å². The third-order valence-corrected chi connectivity index (χ3v) is 3.75. The quantitative estimate of drug-likeness (QED) is 0.874. The molecular weight excluding hydrogens is 283 g/mol. The van der Waals surface area contributed by atoms with Crippen molar-refractivity contribution in [1.82, 2.24) is 5.32 Å². The fourth-order valence-electron chi connectivity index (χ4n) is 2.53. The van der Waals surface area contributed by atoms with Crippen LogP contribution in [0.3, 0.4) is 0 Å². The second-order valence-electron chi connectivity index (χ2n) is 4.95. The number of carbonyl (C=O) groups is 1. The number of halogens is 2.